The fraction of sp³-hybridized carbons (Fsp3) is 0.263. The first-order chi connectivity index (χ1) is 12.8. The van der Waals surface area contributed by atoms with Gasteiger partial charge < -0.3 is 9.80 Å². The molecule has 8 heteroatoms. The number of carbonyl (C=O) groups is 2. The average Bonchev–Trinajstić information content (AvgIpc) is 2.64. The molecule has 0 aromatic heterocycles. The van der Waals surface area contributed by atoms with Gasteiger partial charge in [0.15, 0.2) is 5.78 Å². The molecule has 140 valence electrons. The number of nitro benzene ring substituents is 1. The molecule has 1 heterocycles. The number of benzene rings is 2. The summed E-state index contributed by atoms with van der Waals surface area (Å²) in [7, 11) is 0. The van der Waals surface area contributed by atoms with Crippen LogP contribution in [-0.2, 0) is 11.3 Å². The number of anilines is 1. The number of Topliss-reactive ketones (excluding diaryl/α,β-unsaturated/α-hetero) is 1. The van der Waals surface area contributed by atoms with Crippen molar-refractivity contribution >= 4 is 34.7 Å². The minimum Gasteiger partial charge on any atom is -0.355 e. The molecule has 1 aliphatic rings. The van der Waals surface area contributed by atoms with Crippen molar-refractivity contribution in [3.05, 3.63) is 68.7 Å². The number of hydrogen-bond acceptors (Lipinski definition) is 5. The van der Waals surface area contributed by atoms with Gasteiger partial charge in [-0.1, -0.05) is 23.7 Å². The van der Waals surface area contributed by atoms with Crippen LogP contribution in [0.1, 0.15) is 22.8 Å². The molecule has 0 N–H and O–H groups in total. The van der Waals surface area contributed by atoms with Gasteiger partial charge in [-0.05, 0) is 36.8 Å². The molecule has 0 atom stereocenters. The number of ketones is 1. The zero-order valence-electron chi connectivity index (χ0n) is 14.7. The topological polar surface area (TPSA) is 83.8 Å². The molecule has 0 saturated carbocycles. The molecule has 1 fully saturated rings. The molecule has 0 bridgehead atoms. The van der Waals surface area contributed by atoms with Gasteiger partial charge in [-0.25, -0.2) is 0 Å². The molecule has 27 heavy (non-hydrogen) atoms. The van der Waals surface area contributed by atoms with Crippen molar-refractivity contribution in [3.63, 3.8) is 0 Å². The van der Waals surface area contributed by atoms with E-state index in [-0.39, 0.29) is 29.5 Å². The number of piperazine rings is 1. The SMILES string of the molecule is CC(=O)c1ccc(N2CCN(Cc3ccc(Cl)cc3)C(=O)C2)c([N+](=O)[O-])c1. The van der Waals surface area contributed by atoms with Crippen molar-refractivity contribution in [2.24, 2.45) is 0 Å². The lowest BCUT2D eigenvalue weighted by Gasteiger charge is -2.35. The summed E-state index contributed by atoms with van der Waals surface area (Å²) in [6.45, 7) is 2.80. The van der Waals surface area contributed by atoms with Gasteiger partial charge >= 0.3 is 0 Å². The summed E-state index contributed by atoms with van der Waals surface area (Å²) in [5.74, 6) is -0.352. The summed E-state index contributed by atoms with van der Waals surface area (Å²) in [6.07, 6.45) is 0. The number of rotatable bonds is 5. The second kappa shape index (κ2) is 7.75. The molecule has 1 amide bonds. The monoisotopic (exact) mass is 387 g/mol. The van der Waals surface area contributed by atoms with Gasteiger partial charge in [0, 0.05) is 36.3 Å². The van der Waals surface area contributed by atoms with Crippen molar-refractivity contribution < 1.29 is 14.5 Å². The fourth-order valence-electron chi connectivity index (χ4n) is 3.05. The van der Waals surface area contributed by atoms with Crippen LogP contribution in [-0.4, -0.2) is 41.1 Å². The number of hydrogen-bond donors (Lipinski definition) is 0. The van der Waals surface area contributed by atoms with Crippen LogP contribution < -0.4 is 4.90 Å². The largest absolute Gasteiger partial charge is 0.355 e. The van der Waals surface area contributed by atoms with E-state index in [9.17, 15) is 19.7 Å². The zero-order chi connectivity index (χ0) is 19.6. The maximum atomic E-state index is 12.5. The molecule has 1 saturated heterocycles. The molecule has 0 radical (unpaired) electrons. The normalized spacial score (nSPS) is 14.4. The van der Waals surface area contributed by atoms with Gasteiger partial charge in [0.25, 0.3) is 5.69 Å². The second-order valence-electron chi connectivity index (χ2n) is 6.38. The molecule has 0 spiro atoms. The third-order valence-corrected chi connectivity index (χ3v) is 4.78. The lowest BCUT2D eigenvalue weighted by Crippen LogP contribution is -2.50. The van der Waals surface area contributed by atoms with E-state index in [4.69, 9.17) is 11.6 Å². The number of nitro groups is 1. The molecule has 2 aromatic carbocycles. The van der Waals surface area contributed by atoms with Crippen molar-refractivity contribution in [2.75, 3.05) is 24.5 Å². The van der Waals surface area contributed by atoms with E-state index in [0.717, 1.165) is 5.56 Å². The number of halogens is 1. The van der Waals surface area contributed by atoms with E-state index in [1.807, 2.05) is 12.1 Å². The minimum absolute atomic E-state index is 0.0495. The predicted molar refractivity (Wildman–Crippen MR) is 102 cm³/mol. The molecule has 0 aliphatic carbocycles. The van der Waals surface area contributed by atoms with Crippen LogP contribution in [0.15, 0.2) is 42.5 Å². The number of nitrogens with zero attached hydrogens (tertiary/aromatic N) is 3. The van der Waals surface area contributed by atoms with Crippen molar-refractivity contribution in [2.45, 2.75) is 13.5 Å². The van der Waals surface area contributed by atoms with Gasteiger partial charge in [0.1, 0.15) is 5.69 Å². The van der Waals surface area contributed by atoms with Gasteiger partial charge in [-0.3, -0.25) is 19.7 Å². The molecule has 3 rings (SSSR count). The highest BCUT2D eigenvalue weighted by Gasteiger charge is 2.28. The Balaban J connectivity index is 1.76. The first-order valence-corrected chi connectivity index (χ1v) is 8.79. The standard InChI is InChI=1S/C19H18ClN3O4/c1-13(24)15-4-7-17(18(10-15)23(26)27)21-8-9-22(19(25)12-21)11-14-2-5-16(20)6-3-14/h2-7,10H,8-9,11-12H2,1H3. The van der Waals surface area contributed by atoms with E-state index in [1.54, 1.807) is 28.0 Å². The number of carbonyl (C=O) groups excluding carboxylic acids is 2. The van der Waals surface area contributed by atoms with Crippen LogP contribution >= 0.6 is 11.6 Å². The summed E-state index contributed by atoms with van der Waals surface area (Å²) in [5, 5.41) is 12.1. The van der Waals surface area contributed by atoms with Crippen LogP contribution in [0.25, 0.3) is 0 Å². The fourth-order valence-corrected chi connectivity index (χ4v) is 3.17. The predicted octanol–water partition coefficient (Wildman–Crippen LogP) is 3.30. The van der Waals surface area contributed by atoms with Crippen molar-refractivity contribution in [1.29, 1.82) is 0 Å². The highest BCUT2D eigenvalue weighted by atomic mass is 35.5. The highest BCUT2D eigenvalue weighted by molar-refractivity contribution is 6.30. The summed E-state index contributed by atoms with van der Waals surface area (Å²) >= 11 is 5.88. The van der Waals surface area contributed by atoms with E-state index in [0.29, 0.717) is 30.3 Å². The van der Waals surface area contributed by atoms with E-state index in [1.165, 1.54) is 19.1 Å². The first kappa shape index (κ1) is 18.8. The Labute approximate surface area is 161 Å². The van der Waals surface area contributed by atoms with Crippen molar-refractivity contribution in [1.82, 2.24) is 4.90 Å². The summed E-state index contributed by atoms with van der Waals surface area (Å²) < 4.78 is 0. The Kier molecular flexibility index (Phi) is 5.41. The summed E-state index contributed by atoms with van der Waals surface area (Å²) in [5.41, 5.74) is 1.43. The van der Waals surface area contributed by atoms with E-state index in [2.05, 4.69) is 0 Å². The van der Waals surface area contributed by atoms with E-state index < -0.39 is 4.92 Å². The van der Waals surface area contributed by atoms with Gasteiger partial charge in [-0.2, -0.15) is 0 Å². The third-order valence-electron chi connectivity index (χ3n) is 4.52. The maximum Gasteiger partial charge on any atom is 0.293 e. The van der Waals surface area contributed by atoms with Crippen LogP contribution in [0, 0.1) is 10.1 Å². The minimum atomic E-state index is -0.521. The molecule has 2 aromatic rings. The van der Waals surface area contributed by atoms with Crippen LogP contribution in [0.4, 0.5) is 11.4 Å². The van der Waals surface area contributed by atoms with Crippen molar-refractivity contribution in [3.8, 4) is 0 Å². The Hall–Kier alpha value is -2.93. The van der Waals surface area contributed by atoms with Crippen LogP contribution in [0.3, 0.4) is 0 Å². The lowest BCUT2D eigenvalue weighted by molar-refractivity contribution is -0.384. The highest BCUT2D eigenvalue weighted by Crippen LogP contribution is 2.30. The summed E-state index contributed by atoms with van der Waals surface area (Å²) in [6, 6.07) is 11.6. The molecule has 1 aliphatic heterocycles. The molecular weight excluding hydrogens is 370 g/mol. The number of amides is 1. The quantitative estimate of drug-likeness (QED) is 0.446. The Morgan fingerprint density at radius 1 is 1.19 bits per heavy atom. The third kappa shape index (κ3) is 4.25. The Bertz CT molecular complexity index is 898. The smallest absolute Gasteiger partial charge is 0.293 e. The van der Waals surface area contributed by atoms with Gasteiger partial charge in [0.2, 0.25) is 5.91 Å². The molecule has 0 unspecified atom stereocenters. The second-order valence-corrected chi connectivity index (χ2v) is 6.82. The average molecular weight is 388 g/mol. The Morgan fingerprint density at radius 2 is 1.89 bits per heavy atom. The maximum absolute atomic E-state index is 12.5. The van der Waals surface area contributed by atoms with Crippen LogP contribution in [0.5, 0.6) is 0 Å². The van der Waals surface area contributed by atoms with Crippen LogP contribution in [0.2, 0.25) is 5.02 Å². The van der Waals surface area contributed by atoms with Gasteiger partial charge in [0.05, 0.1) is 11.5 Å². The lowest BCUT2D eigenvalue weighted by atomic mass is 10.1. The van der Waals surface area contributed by atoms with E-state index >= 15 is 0 Å². The van der Waals surface area contributed by atoms with Gasteiger partial charge in [-0.15, -0.1) is 0 Å². The molecule has 7 nitrogen and oxygen atoms in total. The zero-order valence-corrected chi connectivity index (χ0v) is 15.5. The summed E-state index contributed by atoms with van der Waals surface area (Å²) in [4.78, 5) is 38.3. The molecular formula is C19H18ClN3O4. The Morgan fingerprint density at radius 3 is 2.48 bits per heavy atom. The first-order valence-electron chi connectivity index (χ1n) is 8.41.